The highest BCUT2D eigenvalue weighted by Gasteiger charge is 2.19. The maximum Gasteiger partial charge on any atom is 0.346 e. The van der Waals surface area contributed by atoms with Crippen LogP contribution < -0.4 is 10.1 Å². The molecule has 0 radical (unpaired) electrons. The summed E-state index contributed by atoms with van der Waals surface area (Å²) < 4.78 is 12.7. The van der Waals surface area contributed by atoms with Gasteiger partial charge >= 0.3 is 5.97 Å². The van der Waals surface area contributed by atoms with Gasteiger partial charge in [0.2, 0.25) is 0 Å². The fourth-order valence-corrected chi connectivity index (χ4v) is 5.12. The summed E-state index contributed by atoms with van der Waals surface area (Å²) in [5.41, 5.74) is 7.25. The van der Waals surface area contributed by atoms with Crippen molar-refractivity contribution in [3.63, 3.8) is 0 Å². The molecule has 0 aliphatic carbocycles. The summed E-state index contributed by atoms with van der Waals surface area (Å²) in [6.07, 6.45) is -0.778. The van der Waals surface area contributed by atoms with Crippen molar-refractivity contribution in [2.24, 2.45) is 0 Å². The Balaban J connectivity index is 1.55. The summed E-state index contributed by atoms with van der Waals surface area (Å²) in [5, 5.41) is 4.60. The Bertz CT molecular complexity index is 1580. The van der Waals surface area contributed by atoms with Gasteiger partial charge in [-0.25, -0.2) is 4.79 Å². The van der Waals surface area contributed by atoms with E-state index in [0.717, 1.165) is 33.3 Å². The van der Waals surface area contributed by atoms with Crippen LogP contribution in [0.4, 0.5) is 0 Å². The van der Waals surface area contributed by atoms with Gasteiger partial charge in [0.25, 0.3) is 5.91 Å². The summed E-state index contributed by atoms with van der Waals surface area (Å²) in [6, 6.07) is 19.7. The van der Waals surface area contributed by atoms with E-state index in [2.05, 4.69) is 68.8 Å². The molecule has 1 amide bonds. The van der Waals surface area contributed by atoms with E-state index >= 15 is 0 Å². The largest absolute Gasteiger partial charge is 0.477 e. The molecule has 4 aromatic rings. The van der Waals surface area contributed by atoms with Crippen molar-refractivity contribution >= 4 is 34.4 Å². The molecule has 0 spiro atoms. The van der Waals surface area contributed by atoms with Gasteiger partial charge in [-0.1, -0.05) is 62.7 Å². The predicted octanol–water partition coefficient (Wildman–Crippen LogP) is 7.69. The van der Waals surface area contributed by atoms with Crippen LogP contribution in [0.5, 0.6) is 5.75 Å². The number of ether oxygens (including phenoxy) is 2. The molecular weight excluding hydrogens is 536 g/mol. The summed E-state index contributed by atoms with van der Waals surface area (Å²) in [7, 11) is 1.32. The Labute approximate surface area is 247 Å². The minimum atomic E-state index is -0.778. The maximum absolute atomic E-state index is 13.2. The first-order chi connectivity index (χ1) is 19.3. The number of carbonyl (C=O) groups is 2. The minimum Gasteiger partial charge on any atom is -0.477 e. The van der Waals surface area contributed by atoms with Gasteiger partial charge in [0, 0.05) is 28.7 Å². The quantitative estimate of drug-likeness (QED) is 0.219. The molecule has 0 saturated carbocycles. The third kappa shape index (κ3) is 6.59. The van der Waals surface area contributed by atoms with Gasteiger partial charge in [-0.15, -0.1) is 0 Å². The van der Waals surface area contributed by atoms with Crippen LogP contribution in [0.15, 0.2) is 60.7 Å². The molecule has 41 heavy (non-hydrogen) atoms. The van der Waals surface area contributed by atoms with Crippen LogP contribution in [-0.2, 0) is 21.5 Å². The molecule has 2 atom stereocenters. The van der Waals surface area contributed by atoms with Crippen molar-refractivity contribution in [3.05, 3.63) is 99.2 Å². The molecule has 1 heterocycles. The van der Waals surface area contributed by atoms with Gasteiger partial charge in [0.15, 0.2) is 6.10 Å². The number of benzene rings is 3. The van der Waals surface area contributed by atoms with Crippen molar-refractivity contribution in [3.8, 4) is 5.75 Å². The number of esters is 1. The number of aryl methyl sites for hydroxylation is 1. The average molecular weight is 575 g/mol. The number of methoxy groups -OCH3 is 1. The summed E-state index contributed by atoms with van der Waals surface area (Å²) >= 11 is 6.35. The lowest BCUT2D eigenvalue weighted by molar-refractivity contribution is -0.147. The highest BCUT2D eigenvalue weighted by atomic mass is 35.5. The molecule has 0 aliphatic heterocycles. The molecule has 216 valence electrons. The zero-order chi connectivity index (χ0) is 30.1. The van der Waals surface area contributed by atoms with E-state index in [1.807, 2.05) is 37.3 Å². The molecule has 0 saturated heterocycles. The topological polar surface area (TPSA) is 69.6 Å². The average Bonchev–Trinajstić information content (AvgIpc) is 3.17. The molecule has 1 aromatic heterocycles. The molecule has 0 aliphatic rings. The lowest BCUT2D eigenvalue weighted by Crippen LogP contribution is -2.26. The van der Waals surface area contributed by atoms with Crippen molar-refractivity contribution in [1.29, 1.82) is 0 Å². The Kier molecular flexibility index (Phi) is 8.83. The number of hydrogen-bond acceptors (Lipinski definition) is 4. The maximum atomic E-state index is 13.2. The SMILES string of the molecule is COC(=O)[C@H](C)Oc1cc(Cn2c(C)c(C)c3cc(C(=O)N[C@@H](C)c4ccc(C(C)(C)C)cc4)ccc32)ccc1Cl. The van der Waals surface area contributed by atoms with Crippen LogP contribution in [0, 0.1) is 13.8 Å². The van der Waals surface area contributed by atoms with Crippen LogP contribution in [-0.4, -0.2) is 29.7 Å². The van der Waals surface area contributed by atoms with Gasteiger partial charge in [0.05, 0.1) is 18.2 Å². The minimum absolute atomic E-state index is 0.0829. The molecule has 3 aromatic carbocycles. The first kappa shape index (κ1) is 30.2. The Morgan fingerprint density at radius 2 is 1.66 bits per heavy atom. The fourth-order valence-electron chi connectivity index (χ4n) is 4.95. The van der Waals surface area contributed by atoms with Gasteiger partial charge in [0.1, 0.15) is 5.75 Å². The first-order valence-corrected chi connectivity index (χ1v) is 14.2. The Morgan fingerprint density at radius 3 is 2.29 bits per heavy atom. The van der Waals surface area contributed by atoms with Crippen LogP contribution in [0.1, 0.15) is 79.0 Å². The summed E-state index contributed by atoms with van der Waals surface area (Å²) in [6.45, 7) is 14.9. The number of amides is 1. The van der Waals surface area contributed by atoms with Crippen molar-refractivity contribution in [2.45, 2.75) is 72.6 Å². The van der Waals surface area contributed by atoms with Crippen LogP contribution >= 0.6 is 11.6 Å². The Morgan fingerprint density at radius 1 is 0.976 bits per heavy atom. The van der Waals surface area contributed by atoms with Gasteiger partial charge < -0.3 is 19.4 Å². The number of aromatic nitrogens is 1. The second-order valence-electron chi connectivity index (χ2n) is 11.6. The van der Waals surface area contributed by atoms with Crippen molar-refractivity contribution in [2.75, 3.05) is 7.11 Å². The highest BCUT2D eigenvalue weighted by molar-refractivity contribution is 6.32. The number of carbonyl (C=O) groups excluding carboxylic acids is 2. The van der Waals surface area contributed by atoms with E-state index in [1.165, 1.54) is 12.7 Å². The summed E-state index contributed by atoms with van der Waals surface area (Å²) in [4.78, 5) is 25.1. The third-order valence-electron chi connectivity index (χ3n) is 7.70. The lowest BCUT2D eigenvalue weighted by atomic mass is 9.86. The number of hydrogen-bond donors (Lipinski definition) is 1. The van der Waals surface area contributed by atoms with Crippen LogP contribution in [0.2, 0.25) is 5.02 Å². The molecule has 0 bridgehead atoms. The van der Waals surface area contributed by atoms with Crippen molar-refractivity contribution < 1.29 is 19.1 Å². The van der Waals surface area contributed by atoms with E-state index < -0.39 is 12.1 Å². The van der Waals surface area contributed by atoms with Crippen LogP contribution in [0.3, 0.4) is 0 Å². The highest BCUT2D eigenvalue weighted by Crippen LogP contribution is 2.31. The molecule has 6 nitrogen and oxygen atoms in total. The van der Waals surface area contributed by atoms with Crippen LogP contribution in [0.25, 0.3) is 10.9 Å². The summed E-state index contributed by atoms with van der Waals surface area (Å²) in [5.74, 6) is -0.153. The van der Waals surface area contributed by atoms with E-state index in [9.17, 15) is 9.59 Å². The van der Waals surface area contributed by atoms with Gasteiger partial charge in [-0.2, -0.15) is 0 Å². The second kappa shape index (κ2) is 12.0. The predicted molar refractivity (Wildman–Crippen MR) is 165 cm³/mol. The normalized spacial score (nSPS) is 13.1. The molecule has 7 heteroatoms. The fraction of sp³-hybridized carbons (Fsp3) is 0.353. The number of fused-ring (bicyclic) bond motifs is 1. The number of nitrogens with one attached hydrogen (secondary N) is 1. The number of nitrogens with zero attached hydrogens (tertiary/aromatic N) is 1. The lowest BCUT2D eigenvalue weighted by Gasteiger charge is -2.21. The van der Waals surface area contributed by atoms with E-state index in [-0.39, 0.29) is 17.4 Å². The molecule has 1 N–H and O–H groups in total. The standard InChI is InChI=1S/C34H39ClN2O4/c1-20-22(3)37(19-24-9-15-29(35)31(17-24)41-23(4)33(39)40-8)30-16-12-26(18-28(20)30)32(38)36-21(2)25-10-13-27(14-11-25)34(5,6)7/h9-18,21,23H,19H2,1-8H3,(H,36,38)/t21-,23-/m0/s1. The number of halogens is 1. The van der Waals surface area contributed by atoms with Crippen molar-refractivity contribution in [1.82, 2.24) is 9.88 Å². The van der Waals surface area contributed by atoms with E-state index in [0.29, 0.717) is 22.9 Å². The zero-order valence-corrected chi connectivity index (χ0v) is 25.8. The molecule has 4 rings (SSSR count). The molecule has 0 unspecified atom stereocenters. The Hall–Kier alpha value is -3.77. The second-order valence-corrected chi connectivity index (χ2v) is 12.1. The smallest absolute Gasteiger partial charge is 0.346 e. The number of rotatable bonds is 8. The van der Waals surface area contributed by atoms with E-state index in [1.54, 1.807) is 13.0 Å². The monoisotopic (exact) mass is 574 g/mol. The van der Waals surface area contributed by atoms with Gasteiger partial charge in [-0.3, -0.25) is 4.79 Å². The zero-order valence-electron chi connectivity index (χ0n) is 25.1. The first-order valence-electron chi connectivity index (χ1n) is 13.8. The molecule has 0 fully saturated rings. The van der Waals surface area contributed by atoms with Gasteiger partial charge in [-0.05, 0) is 85.7 Å². The van der Waals surface area contributed by atoms with E-state index in [4.69, 9.17) is 21.1 Å². The third-order valence-corrected chi connectivity index (χ3v) is 8.01. The molecular formula is C34H39ClN2O4.